The summed E-state index contributed by atoms with van der Waals surface area (Å²) in [6.07, 6.45) is 6.19. The highest BCUT2D eigenvalue weighted by molar-refractivity contribution is 5.75. The summed E-state index contributed by atoms with van der Waals surface area (Å²) in [5.41, 5.74) is 0.921. The maximum atomic E-state index is 11.1. The molecule has 4 nitrogen and oxygen atoms in total. The summed E-state index contributed by atoms with van der Waals surface area (Å²) < 4.78 is 0. The van der Waals surface area contributed by atoms with Crippen LogP contribution < -0.4 is 0 Å². The Labute approximate surface area is 95.9 Å². The summed E-state index contributed by atoms with van der Waals surface area (Å²) in [6, 6.07) is -0.663. The Morgan fingerprint density at radius 1 is 1.56 bits per heavy atom. The number of allylic oxidation sites excluding steroid dienone is 1. The van der Waals surface area contributed by atoms with Crippen LogP contribution >= 0.6 is 0 Å². The van der Waals surface area contributed by atoms with Crippen molar-refractivity contribution in [1.29, 1.82) is 0 Å². The van der Waals surface area contributed by atoms with E-state index >= 15 is 0 Å². The average molecular weight is 225 g/mol. The molecule has 0 spiro atoms. The standard InChI is InChI=1S/C12H19NO3/c1-9(8-10(2)14)12(13(15)16)11-6-4-3-5-7-11/h6,9,12H,3-5,7-8H2,1-2H3/t9-,12-/m1/s1. The van der Waals surface area contributed by atoms with Crippen LogP contribution in [0.2, 0.25) is 0 Å². The van der Waals surface area contributed by atoms with Gasteiger partial charge >= 0.3 is 0 Å². The van der Waals surface area contributed by atoms with Gasteiger partial charge in [0.15, 0.2) is 0 Å². The van der Waals surface area contributed by atoms with Crippen LogP contribution in [0.15, 0.2) is 11.6 Å². The lowest BCUT2D eigenvalue weighted by atomic mass is 9.85. The molecule has 0 aromatic heterocycles. The van der Waals surface area contributed by atoms with Crippen LogP contribution in [0, 0.1) is 16.0 Å². The van der Waals surface area contributed by atoms with Gasteiger partial charge in [-0.15, -0.1) is 0 Å². The lowest BCUT2D eigenvalue weighted by Crippen LogP contribution is -2.31. The van der Waals surface area contributed by atoms with Gasteiger partial charge in [-0.05, 0) is 38.2 Å². The van der Waals surface area contributed by atoms with E-state index in [-0.39, 0.29) is 16.6 Å². The van der Waals surface area contributed by atoms with Gasteiger partial charge in [0, 0.05) is 17.3 Å². The highest BCUT2D eigenvalue weighted by atomic mass is 16.6. The number of nitrogens with zero attached hydrogens (tertiary/aromatic N) is 1. The van der Waals surface area contributed by atoms with E-state index in [9.17, 15) is 14.9 Å². The average Bonchev–Trinajstić information content (AvgIpc) is 2.17. The zero-order valence-corrected chi connectivity index (χ0v) is 9.94. The topological polar surface area (TPSA) is 60.2 Å². The van der Waals surface area contributed by atoms with Crippen molar-refractivity contribution in [2.45, 2.75) is 52.0 Å². The van der Waals surface area contributed by atoms with E-state index in [1.165, 1.54) is 6.92 Å². The molecule has 0 unspecified atom stereocenters. The fourth-order valence-electron chi connectivity index (χ4n) is 2.41. The molecule has 0 bridgehead atoms. The molecule has 0 heterocycles. The number of nitro groups is 1. The Morgan fingerprint density at radius 2 is 2.25 bits per heavy atom. The molecular formula is C12H19NO3. The number of hydrogen-bond donors (Lipinski definition) is 0. The molecule has 0 radical (unpaired) electrons. The molecule has 16 heavy (non-hydrogen) atoms. The Morgan fingerprint density at radius 3 is 2.69 bits per heavy atom. The summed E-state index contributed by atoms with van der Waals surface area (Å²) in [4.78, 5) is 21.9. The van der Waals surface area contributed by atoms with E-state index in [1.807, 2.05) is 6.08 Å². The third kappa shape index (κ3) is 3.43. The summed E-state index contributed by atoms with van der Waals surface area (Å²) in [5, 5.41) is 11.1. The van der Waals surface area contributed by atoms with Gasteiger partial charge in [0.25, 0.3) is 0 Å². The lowest BCUT2D eigenvalue weighted by molar-refractivity contribution is -0.521. The quantitative estimate of drug-likeness (QED) is 0.410. The van der Waals surface area contributed by atoms with Gasteiger partial charge in [-0.2, -0.15) is 0 Å². The van der Waals surface area contributed by atoms with Gasteiger partial charge < -0.3 is 4.79 Å². The summed E-state index contributed by atoms with van der Waals surface area (Å²) >= 11 is 0. The molecule has 0 aromatic rings. The Hall–Kier alpha value is -1.19. The minimum absolute atomic E-state index is 0.0239. The molecule has 1 aliphatic carbocycles. The number of Topliss-reactive ketones (excluding diaryl/α,β-unsaturated/α-hetero) is 1. The van der Waals surface area contributed by atoms with Crippen molar-refractivity contribution in [3.05, 3.63) is 21.8 Å². The van der Waals surface area contributed by atoms with Gasteiger partial charge in [-0.25, -0.2) is 0 Å². The first kappa shape index (κ1) is 12.9. The van der Waals surface area contributed by atoms with E-state index < -0.39 is 6.04 Å². The molecular weight excluding hydrogens is 206 g/mol. The van der Waals surface area contributed by atoms with E-state index in [1.54, 1.807) is 6.92 Å². The molecule has 0 saturated heterocycles. The van der Waals surface area contributed by atoms with Crippen LogP contribution in [0.1, 0.15) is 46.0 Å². The fraction of sp³-hybridized carbons (Fsp3) is 0.750. The molecule has 2 atom stereocenters. The zero-order valence-electron chi connectivity index (χ0n) is 9.94. The van der Waals surface area contributed by atoms with Crippen molar-refractivity contribution in [2.24, 2.45) is 5.92 Å². The summed E-state index contributed by atoms with van der Waals surface area (Å²) in [7, 11) is 0. The van der Waals surface area contributed by atoms with Crippen LogP contribution in [-0.2, 0) is 4.79 Å². The molecule has 0 aliphatic heterocycles. The molecule has 0 amide bonds. The number of carbonyl (C=O) groups is 1. The third-order valence-electron chi connectivity index (χ3n) is 3.08. The molecule has 0 fully saturated rings. The summed E-state index contributed by atoms with van der Waals surface area (Å²) in [5.74, 6) is -0.174. The van der Waals surface area contributed by atoms with Crippen molar-refractivity contribution in [1.82, 2.24) is 0 Å². The van der Waals surface area contributed by atoms with Gasteiger partial charge in [0.1, 0.15) is 5.78 Å². The lowest BCUT2D eigenvalue weighted by Gasteiger charge is -2.21. The van der Waals surface area contributed by atoms with E-state index in [2.05, 4.69) is 0 Å². The highest BCUT2D eigenvalue weighted by Crippen LogP contribution is 2.27. The molecule has 1 aliphatic rings. The first-order valence-corrected chi connectivity index (χ1v) is 5.84. The molecule has 1 rings (SSSR count). The molecule has 4 heteroatoms. The van der Waals surface area contributed by atoms with Crippen LogP contribution in [-0.4, -0.2) is 16.7 Å². The van der Waals surface area contributed by atoms with Crippen LogP contribution in [0.3, 0.4) is 0 Å². The van der Waals surface area contributed by atoms with Crippen molar-refractivity contribution in [3.8, 4) is 0 Å². The maximum absolute atomic E-state index is 11.1. The normalized spacial score (nSPS) is 19.8. The van der Waals surface area contributed by atoms with Crippen molar-refractivity contribution in [2.75, 3.05) is 0 Å². The van der Waals surface area contributed by atoms with E-state index in [0.717, 1.165) is 31.3 Å². The number of carbonyl (C=O) groups excluding carboxylic acids is 1. The third-order valence-corrected chi connectivity index (χ3v) is 3.08. The van der Waals surface area contributed by atoms with E-state index in [4.69, 9.17) is 0 Å². The van der Waals surface area contributed by atoms with Crippen molar-refractivity contribution >= 4 is 5.78 Å². The molecule has 90 valence electrons. The van der Waals surface area contributed by atoms with E-state index in [0.29, 0.717) is 6.42 Å². The van der Waals surface area contributed by atoms with Gasteiger partial charge in [-0.3, -0.25) is 10.1 Å². The second kappa shape index (κ2) is 5.77. The molecule has 0 aromatic carbocycles. The molecule has 0 N–H and O–H groups in total. The minimum atomic E-state index is -0.663. The second-order valence-electron chi connectivity index (χ2n) is 4.64. The first-order chi connectivity index (χ1) is 7.52. The Bertz CT molecular complexity index is 309. The smallest absolute Gasteiger partial charge is 0.237 e. The van der Waals surface area contributed by atoms with Crippen molar-refractivity contribution < 1.29 is 9.72 Å². The largest absolute Gasteiger partial charge is 0.300 e. The summed E-state index contributed by atoms with van der Waals surface area (Å²) in [6.45, 7) is 3.28. The van der Waals surface area contributed by atoms with Crippen molar-refractivity contribution in [3.63, 3.8) is 0 Å². The Balaban J connectivity index is 2.77. The highest BCUT2D eigenvalue weighted by Gasteiger charge is 2.32. The predicted octanol–water partition coefficient (Wildman–Crippen LogP) is 2.75. The van der Waals surface area contributed by atoms with Gasteiger partial charge in [0.05, 0.1) is 0 Å². The number of hydrogen-bond acceptors (Lipinski definition) is 3. The monoisotopic (exact) mass is 225 g/mol. The van der Waals surface area contributed by atoms with Crippen LogP contribution in [0.4, 0.5) is 0 Å². The van der Waals surface area contributed by atoms with Crippen LogP contribution in [0.5, 0.6) is 0 Å². The Kier molecular flexibility index (Phi) is 4.65. The zero-order chi connectivity index (χ0) is 12.1. The maximum Gasteiger partial charge on any atom is 0.237 e. The van der Waals surface area contributed by atoms with Crippen LogP contribution in [0.25, 0.3) is 0 Å². The fourth-order valence-corrected chi connectivity index (χ4v) is 2.41. The first-order valence-electron chi connectivity index (χ1n) is 5.84. The van der Waals surface area contributed by atoms with Gasteiger partial charge in [-0.1, -0.05) is 13.0 Å². The molecule has 0 saturated carbocycles. The number of rotatable bonds is 5. The number of ketones is 1. The second-order valence-corrected chi connectivity index (χ2v) is 4.64. The SMILES string of the molecule is CC(=O)C[C@@H](C)[C@H](C1=CCCCC1)[N+](=O)[O-]. The minimum Gasteiger partial charge on any atom is -0.300 e. The predicted molar refractivity (Wildman–Crippen MR) is 61.8 cm³/mol. The van der Waals surface area contributed by atoms with Gasteiger partial charge in [0.2, 0.25) is 6.04 Å².